The molecule has 3 heterocycles. The monoisotopic (exact) mass is 739 g/mol. The number of hydrogen-bond donors (Lipinski definition) is 4. The summed E-state index contributed by atoms with van der Waals surface area (Å²) in [6, 6.07) is 18.8. The highest BCUT2D eigenvalue weighted by Gasteiger charge is 2.24. The molecule has 4 aromatic rings. The Morgan fingerprint density at radius 3 is 2.57 bits per heavy atom. The van der Waals surface area contributed by atoms with Crippen LogP contribution in [0.5, 0.6) is 11.5 Å². The van der Waals surface area contributed by atoms with Gasteiger partial charge in [-0.3, -0.25) is 15.1 Å². The minimum Gasteiger partial charge on any atom is -0.488 e. The van der Waals surface area contributed by atoms with E-state index >= 15 is 0 Å². The molecule has 0 spiro atoms. The fraction of sp³-hybridized carbons (Fsp3) is 0.390. The van der Waals surface area contributed by atoms with Crippen LogP contribution in [-0.2, 0) is 31.0 Å². The second-order valence-corrected chi connectivity index (χ2v) is 14.1. The van der Waals surface area contributed by atoms with Gasteiger partial charge in [-0.05, 0) is 85.2 Å². The number of aliphatic carboxylic acids is 1. The number of fused-ring (bicyclic) bond motifs is 1. The number of aliphatic hydroxyl groups is 2. The van der Waals surface area contributed by atoms with E-state index in [4.69, 9.17) is 21.1 Å². The summed E-state index contributed by atoms with van der Waals surface area (Å²) in [7, 11) is 0. The van der Waals surface area contributed by atoms with Crippen LogP contribution in [0.3, 0.4) is 0 Å². The Morgan fingerprint density at radius 2 is 1.79 bits per heavy atom. The predicted molar refractivity (Wildman–Crippen MR) is 203 cm³/mol. The van der Waals surface area contributed by atoms with Crippen molar-refractivity contribution in [3.8, 4) is 28.7 Å². The first kappa shape index (κ1) is 38.0. The molecule has 1 saturated heterocycles. The maximum atomic E-state index is 11.5. The average molecular weight is 740 g/mol. The summed E-state index contributed by atoms with van der Waals surface area (Å²) in [4.78, 5) is 20.6. The van der Waals surface area contributed by atoms with Gasteiger partial charge in [0.25, 0.3) is 0 Å². The molecule has 2 aliphatic heterocycles. The Bertz CT molecular complexity index is 1940. The maximum Gasteiger partial charge on any atom is 0.323 e. The molecule has 1 fully saturated rings. The maximum absolute atomic E-state index is 11.5. The molecule has 0 bridgehead atoms. The summed E-state index contributed by atoms with van der Waals surface area (Å²) in [5.41, 5.74) is 8.86. The van der Waals surface area contributed by atoms with E-state index in [0.717, 1.165) is 69.5 Å². The number of likely N-dealkylation sites (tertiary alicyclic amines) is 1. The fourth-order valence-electron chi connectivity index (χ4n) is 7.11. The lowest BCUT2D eigenvalue weighted by atomic mass is 9.92. The number of rotatable bonds is 16. The Hall–Kier alpha value is -4.70. The SMILES string of the molecule is Cc1c(COc2cc(OCc3cncc(C#N)c3)c(CN[C@@H](CO)C(=O)O)cc2Cl)cccc1-c1cccc2c1CCN2CCCN1CCC(O)CC1. The highest BCUT2D eigenvalue weighted by atomic mass is 35.5. The Balaban J connectivity index is 1.17. The van der Waals surface area contributed by atoms with Gasteiger partial charge in [0.15, 0.2) is 0 Å². The zero-order valence-corrected chi connectivity index (χ0v) is 30.7. The first-order valence-corrected chi connectivity index (χ1v) is 18.5. The van der Waals surface area contributed by atoms with Gasteiger partial charge in [0.1, 0.15) is 36.8 Å². The van der Waals surface area contributed by atoms with Gasteiger partial charge in [0.05, 0.1) is 23.3 Å². The number of benzene rings is 3. The van der Waals surface area contributed by atoms with Crippen molar-refractivity contribution in [2.75, 3.05) is 44.2 Å². The molecular weight excluding hydrogens is 694 g/mol. The Kier molecular flexibility index (Phi) is 12.8. The van der Waals surface area contributed by atoms with Gasteiger partial charge < -0.3 is 34.6 Å². The minimum absolute atomic E-state index is 0.0623. The topological polar surface area (TPSA) is 151 Å². The number of nitriles is 1. The quantitative estimate of drug-likeness (QED) is 0.116. The number of ether oxygens (including phenoxy) is 2. The number of carboxylic acid groups (broad SMARTS) is 1. The molecule has 4 N–H and O–H groups in total. The van der Waals surface area contributed by atoms with Crippen molar-refractivity contribution in [3.63, 3.8) is 0 Å². The third-order valence-corrected chi connectivity index (χ3v) is 10.5. The molecule has 0 aliphatic carbocycles. The molecule has 12 heteroatoms. The number of halogens is 1. The van der Waals surface area contributed by atoms with Crippen LogP contribution in [0.4, 0.5) is 5.69 Å². The second-order valence-electron chi connectivity index (χ2n) is 13.7. The van der Waals surface area contributed by atoms with Crippen LogP contribution in [0.25, 0.3) is 11.1 Å². The minimum atomic E-state index is -1.18. The molecule has 0 amide bonds. The molecule has 0 unspecified atom stereocenters. The van der Waals surface area contributed by atoms with E-state index in [1.807, 2.05) is 6.07 Å². The molecular formula is C41H46ClN5O6. The summed E-state index contributed by atoms with van der Waals surface area (Å²) in [5.74, 6) is -0.374. The number of carboxylic acids is 1. The van der Waals surface area contributed by atoms with Crippen molar-refractivity contribution in [1.82, 2.24) is 15.2 Å². The Labute approximate surface area is 315 Å². The number of hydrogen-bond acceptors (Lipinski definition) is 10. The van der Waals surface area contributed by atoms with Crippen molar-refractivity contribution < 1.29 is 29.6 Å². The van der Waals surface area contributed by atoms with Gasteiger partial charge in [-0.1, -0.05) is 41.9 Å². The van der Waals surface area contributed by atoms with Crippen LogP contribution in [0.1, 0.15) is 52.6 Å². The molecule has 53 heavy (non-hydrogen) atoms. The molecule has 1 atom stereocenters. The van der Waals surface area contributed by atoms with Gasteiger partial charge in [-0.15, -0.1) is 0 Å². The highest BCUT2D eigenvalue weighted by molar-refractivity contribution is 6.32. The van der Waals surface area contributed by atoms with Crippen molar-refractivity contribution in [3.05, 3.63) is 105 Å². The summed E-state index contributed by atoms with van der Waals surface area (Å²) in [5, 5.41) is 41.2. The largest absolute Gasteiger partial charge is 0.488 e. The number of pyridine rings is 1. The number of anilines is 1. The zero-order chi connectivity index (χ0) is 37.3. The fourth-order valence-corrected chi connectivity index (χ4v) is 7.35. The molecule has 3 aromatic carbocycles. The van der Waals surface area contributed by atoms with Crippen molar-refractivity contribution in [2.24, 2.45) is 0 Å². The lowest BCUT2D eigenvalue weighted by Gasteiger charge is -2.30. The second kappa shape index (κ2) is 17.9. The molecule has 6 rings (SSSR count). The lowest BCUT2D eigenvalue weighted by molar-refractivity contribution is -0.140. The number of aliphatic hydroxyl groups excluding tert-OH is 2. The van der Waals surface area contributed by atoms with Crippen LogP contribution >= 0.6 is 11.6 Å². The number of carbonyl (C=O) groups is 1. The van der Waals surface area contributed by atoms with E-state index in [-0.39, 0.29) is 25.9 Å². The van der Waals surface area contributed by atoms with E-state index in [2.05, 4.69) is 63.4 Å². The van der Waals surface area contributed by atoms with Crippen molar-refractivity contribution >= 4 is 23.3 Å². The molecule has 0 radical (unpaired) electrons. The van der Waals surface area contributed by atoms with Crippen LogP contribution < -0.4 is 19.7 Å². The first-order chi connectivity index (χ1) is 25.7. The number of nitrogens with zero attached hydrogens (tertiary/aromatic N) is 4. The van der Waals surface area contributed by atoms with Gasteiger partial charge in [0.2, 0.25) is 0 Å². The first-order valence-electron chi connectivity index (χ1n) is 18.1. The van der Waals surface area contributed by atoms with Crippen LogP contribution in [0.15, 0.2) is 67.0 Å². The third-order valence-electron chi connectivity index (χ3n) is 10.2. The van der Waals surface area contributed by atoms with E-state index < -0.39 is 18.6 Å². The molecule has 278 valence electrons. The standard InChI is InChI=1S/C41H46ClN5O6/c1-27-30(5-2-6-33(27)34-7-3-8-38-35(34)11-16-47(38)13-4-12-46-14-9-32(49)10-15-46)26-53-40-19-39(52-25-29-17-28(20-43)21-44-22-29)31(18-36(40)42)23-45-37(24-48)41(50)51/h2-3,5-8,17-19,21-22,32,37,45,48-49H,4,9-16,23-26H2,1H3,(H,50,51)/t37-/m0/s1. The highest BCUT2D eigenvalue weighted by Crippen LogP contribution is 2.39. The smallest absolute Gasteiger partial charge is 0.323 e. The van der Waals surface area contributed by atoms with E-state index in [9.17, 15) is 25.4 Å². The number of nitrogens with one attached hydrogen (secondary N) is 1. The van der Waals surface area contributed by atoms with Gasteiger partial charge in [-0.2, -0.15) is 5.26 Å². The van der Waals surface area contributed by atoms with Gasteiger partial charge in [-0.25, -0.2) is 0 Å². The Morgan fingerprint density at radius 1 is 1.02 bits per heavy atom. The van der Waals surface area contributed by atoms with E-state index in [1.54, 1.807) is 24.4 Å². The summed E-state index contributed by atoms with van der Waals surface area (Å²) in [6.07, 6.45) is 6.75. The summed E-state index contributed by atoms with van der Waals surface area (Å²) < 4.78 is 12.5. The van der Waals surface area contributed by atoms with Crippen LogP contribution in [-0.4, -0.2) is 82.6 Å². The van der Waals surface area contributed by atoms with E-state index in [1.165, 1.54) is 28.6 Å². The molecule has 11 nitrogen and oxygen atoms in total. The number of aromatic nitrogens is 1. The zero-order valence-electron chi connectivity index (χ0n) is 29.9. The lowest BCUT2D eigenvalue weighted by Crippen LogP contribution is -2.39. The van der Waals surface area contributed by atoms with Gasteiger partial charge >= 0.3 is 5.97 Å². The summed E-state index contributed by atoms with van der Waals surface area (Å²) in [6.45, 7) is 6.96. The predicted octanol–water partition coefficient (Wildman–Crippen LogP) is 5.48. The normalized spacial score (nSPS) is 15.2. The van der Waals surface area contributed by atoms with Crippen LogP contribution in [0, 0.1) is 18.3 Å². The average Bonchev–Trinajstić information content (AvgIpc) is 3.58. The number of piperidine rings is 1. The molecule has 0 saturated carbocycles. The van der Waals surface area contributed by atoms with Crippen LogP contribution in [0.2, 0.25) is 5.02 Å². The summed E-state index contributed by atoms with van der Waals surface area (Å²) >= 11 is 6.73. The van der Waals surface area contributed by atoms with E-state index in [0.29, 0.717) is 33.2 Å². The molecule has 2 aliphatic rings. The van der Waals surface area contributed by atoms with Crippen molar-refractivity contribution in [2.45, 2.75) is 64.5 Å². The third kappa shape index (κ3) is 9.46. The van der Waals surface area contributed by atoms with Crippen molar-refractivity contribution in [1.29, 1.82) is 5.26 Å². The molecule has 1 aromatic heterocycles. The van der Waals surface area contributed by atoms with Gasteiger partial charge in [0, 0.05) is 68.0 Å².